The first-order valence-electron chi connectivity index (χ1n) is 7.50. The van der Waals surface area contributed by atoms with E-state index in [0.29, 0.717) is 11.4 Å². The molecule has 1 fully saturated rings. The van der Waals surface area contributed by atoms with Gasteiger partial charge in [-0.1, -0.05) is 23.7 Å². The topological polar surface area (TPSA) is 36.4 Å². The SMILES string of the molecule is O=C(Cc1cccc(Cl)c1)N1CCN(c2ccc(Br)cn2)CC1. The molecule has 0 atom stereocenters. The Hall–Kier alpha value is -1.59. The number of benzene rings is 1. The minimum atomic E-state index is 0.149. The molecule has 0 N–H and O–H groups in total. The molecule has 4 nitrogen and oxygen atoms in total. The van der Waals surface area contributed by atoms with Crippen LogP contribution in [0.15, 0.2) is 47.1 Å². The molecule has 2 aromatic rings. The molecule has 0 bridgehead atoms. The molecule has 6 heteroatoms. The van der Waals surface area contributed by atoms with E-state index >= 15 is 0 Å². The molecule has 23 heavy (non-hydrogen) atoms. The van der Waals surface area contributed by atoms with Gasteiger partial charge in [0.2, 0.25) is 5.91 Å². The number of piperazine rings is 1. The lowest BCUT2D eigenvalue weighted by molar-refractivity contribution is -0.130. The molecule has 2 heterocycles. The van der Waals surface area contributed by atoms with Crippen LogP contribution < -0.4 is 4.90 Å². The van der Waals surface area contributed by atoms with Crippen LogP contribution in [0.2, 0.25) is 5.02 Å². The fourth-order valence-electron chi connectivity index (χ4n) is 2.67. The molecule has 0 aliphatic carbocycles. The van der Waals surface area contributed by atoms with Gasteiger partial charge < -0.3 is 9.80 Å². The number of carbonyl (C=O) groups is 1. The number of anilines is 1. The second kappa shape index (κ2) is 7.32. The van der Waals surface area contributed by atoms with Crippen molar-refractivity contribution in [2.45, 2.75) is 6.42 Å². The van der Waals surface area contributed by atoms with Crippen LogP contribution in [0, 0.1) is 0 Å². The van der Waals surface area contributed by atoms with Gasteiger partial charge in [-0.05, 0) is 45.8 Å². The van der Waals surface area contributed by atoms with Gasteiger partial charge in [0.1, 0.15) is 5.82 Å². The summed E-state index contributed by atoms with van der Waals surface area (Å²) in [7, 11) is 0. The Bertz CT molecular complexity index is 684. The number of hydrogen-bond acceptors (Lipinski definition) is 3. The lowest BCUT2D eigenvalue weighted by atomic mass is 10.1. The summed E-state index contributed by atoms with van der Waals surface area (Å²) in [5.41, 5.74) is 0.958. The Labute approximate surface area is 149 Å². The second-order valence-corrected chi connectivity index (χ2v) is 6.86. The molecule has 1 aromatic carbocycles. The number of pyridine rings is 1. The molecule has 1 aromatic heterocycles. The first-order valence-corrected chi connectivity index (χ1v) is 8.67. The number of aromatic nitrogens is 1. The van der Waals surface area contributed by atoms with Gasteiger partial charge in [0.05, 0.1) is 6.42 Å². The van der Waals surface area contributed by atoms with E-state index in [9.17, 15) is 4.79 Å². The molecule has 0 saturated carbocycles. The third kappa shape index (κ3) is 4.24. The predicted molar refractivity (Wildman–Crippen MR) is 95.9 cm³/mol. The van der Waals surface area contributed by atoms with Crippen molar-refractivity contribution in [3.63, 3.8) is 0 Å². The maximum absolute atomic E-state index is 12.4. The Balaban J connectivity index is 1.56. The Morgan fingerprint density at radius 3 is 2.61 bits per heavy atom. The summed E-state index contributed by atoms with van der Waals surface area (Å²) in [6, 6.07) is 11.5. The molecular formula is C17H17BrClN3O. The highest BCUT2D eigenvalue weighted by Gasteiger charge is 2.21. The third-order valence-corrected chi connectivity index (χ3v) is 4.62. The van der Waals surface area contributed by atoms with Crippen LogP contribution in [0.3, 0.4) is 0 Å². The summed E-state index contributed by atoms with van der Waals surface area (Å²) < 4.78 is 0.969. The quantitative estimate of drug-likeness (QED) is 0.801. The van der Waals surface area contributed by atoms with Crippen LogP contribution in [0.25, 0.3) is 0 Å². The Morgan fingerprint density at radius 1 is 1.17 bits per heavy atom. The molecule has 0 unspecified atom stereocenters. The first kappa shape index (κ1) is 16.3. The molecule has 0 radical (unpaired) electrons. The molecule has 1 aliphatic heterocycles. The van der Waals surface area contributed by atoms with Crippen molar-refractivity contribution < 1.29 is 4.79 Å². The lowest BCUT2D eigenvalue weighted by Gasteiger charge is -2.35. The summed E-state index contributed by atoms with van der Waals surface area (Å²) in [6.07, 6.45) is 2.20. The van der Waals surface area contributed by atoms with Crippen LogP contribution in [-0.2, 0) is 11.2 Å². The van der Waals surface area contributed by atoms with Crippen LogP contribution >= 0.6 is 27.5 Å². The largest absolute Gasteiger partial charge is 0.353 e. The first-order chi connectivity index (χ1) is 11.1. The fourth-order valence-corrected chi connectivity index (χ4v) is 3.12. The number of nitrogens with zero attached hydrogens (tertiary/aromatic N) is 3. The van der Waals surface area contributed by atoms with E-state index in [0.717, 1.165) is 42.0 Å². The number of halogens is 2. The van der Waals surface area contributed by atoms with E-state index in [4.69, 9.17) is 11.6 Å². The number of amides is 1. The number of hydrogen-bond donors (Lipinski definition) is 0. The van der Waals surface area contributed by atoms with Gasteiger partial charge in [0.25, 0.3) is 0 Å². The van der Waals surface area contributed by atoms with Crippen LogP contribution in [-0.4, -0.2) is 42.0 Å². The second-order valence-electron chi connectivity index (χ2n) is 5.51. The van der Waals surface area contributed by atoms with E-state index in [1.165, 1.54) is 0 Å². The molecule has 120 valence electrons. The van der Waals surface area contributed by atoms with Crippen LogP contribution in [0.1, 0.15) is 5.56 Å². The van der Waals surface area contributed by atoms with Crippen molar-refractivity contribution in [1.82, 2.24) is 9.88 Å². The molecule has 1 amide bonds. The monoisotopic (exact) mass is 393 g/mol. The summed E-state index contributed by atoms with van der Waals surface area (Å²) >= 11 is 9.36. The van der Waals surface area contributed by atoms with Gasteiger partial charge in [-0.3, -0.25) is 4.79 Å². The number of rotatable bonds is 3. The zero-order valence-corrected chi connectivity index (χ0v) is 14.9. The van der Waals surface area contributed by atoms with Gasteiger partial charge in [-0.2, -0.15) is 0 Å². The van der Waals surface area contributed by atoms with Crippen molar-refractivity contribution in [3.05, 3.63) is 57.7 Å². The van der Waals surface area contributed by atoms with Gasteiger partial charge in [-0.25, -0.2) is 4.98 Å². The number of carbonyl (C=O) groups excluding carboxylic acids is 1. The maximum Gasteiger partial charge on any atom is 0.227 e. The standard InChI is InChI=1S/C17H17BrClN3O/c18-14-4-5-16(20-12-14)21-6-8-22(9-7-21)17(23)11-13-2-1-3-15(19)10-13/h1-5,10,12H,6-9,11H2. The maximum atomic E-state index is 12.4. The van der Waals surface area contributed by atoms with E-state index in [1.807, 2.05) is 41.3 Å². The van der Waals surface area contributed by atoms with Gasteiger partial charge >= 0.3 is 0 Å². The smallest absolute Gasteiger partial charge is 0.227 e. The summed E-state index contributed by atoms with van der Waals surface area (Å²) in [4.78, 5) is 20.9. The lowest BCUT2D eigenvalue weighted by Crippen LogP contribution is -2.49. The zero-order chi connectivity index (χ0) is 16.2. The normalized spacial score (nSPS) is 14.9. The third-order valence-electron chi connectivity index (χ3n) is 3.91. The molecular weight excluding hydrogens is 378 g/mol. The van der Waals surface area contributed by atoms with E-state index in [1.54, 1.807) is 6.20 Å². The van der Waals surface area contributed by atoms with Gasteiger partial charge in [0, 0.05) is 41.9 Å². The summed E-state index contributed by atoms with van der Waals surface area (Å²) in [5, 5.41) is 0.668. The van der Waals surface area contributed by atoms with Gasteiger partial charge in [0.15, 0.2) is 0 Å². The predicted octanol–water partition coefficient (Wildman–Crippen LogP) is 3.39. The minimum Gasteiger partial charge on any atom is -0.353 e. The average Bonchev–Trinajstić information content (AvgIpc) is 2.56. The van der Waals surface area contributed by atoms with Crippen molar-refractivity contribution in [3.8, 4) is 0 Å². The molecule has 1 aliphatic rings. The van der Waals surface area contributed by atoms with Crippen molar-refractivity contribution >= 4 is 39.3 Å². The summed E-state index contributed by atoms with van der Waals surface area (Å²) in [6.45, 7) is 3.04. The average molecular weight is 395 g/mol. The Kier molecular flexibility index (Phi) is 5.18. The highest BCUT2D eigenvalue weighted by molar-refractivity contribution is 9.10. The van der Waals surface area contributed by atoms with Crippen molar-refractivity contribution in [2.75, 3.05) is 31.1 Å². The Morgan fingerprint density at radius 2 is 1.96 bits per heavy atom. The highest BCUT2D eigenvalue weighted by Crippen LogP contribution is 2.17. The molecule has 1 saturated heterocycles. The van der Waals surface area contributed by atoms with Crippen LogP contribution in [0.5, 0.6) is 0 Å². The molecule has 0 spiro atoms. The van der Waals surface area contributed by atoms with Crippen molar-refractivity contribution in [2.24, 2.45) is 0 Å². The highest BCUT2D eigenvalue weighted by atomic mass is 79.9. The van der Waals surface area contributed by atoms with E-state index < -0.39 is 0 Å². The van der Waals surface area contributed by atoms with E-state index in [2.05, 4.69) is 25.8 Å². The zero-order valence-electron chi connectivity index (χ0n) is 12.6. The minimum absolute atomic E-state index is 0.149. The summed E-state index contributed by atoms with van der Waals surface area (Å²) in [5.74, 6) is 1.10. The van der Waals surface area contributed by atoms with Crippen LogP contribution in [0.4, 0.5) is 5.82 Å². The fraction of sp³-hybridized carbons (Fsp3) is 0.294. The van der Waals surface area contributed by atoms with Gasteiger partial charge in [-0.15, -0.1) is 0 Å². The van der Waals surface area contributed by atoms with Crippen molar-refractivity contribution in [1.29, 1.82) is 0 Å². The molecule has 3 rings (SSSR count). The van der Waals surface area contributed by atoms with E-state index in [-0.39, 0.29) is 5.91 Å².